The van der Waals surface area contributed by atoms with Crippen molar-refractivity contribution in [2.45, 2.75) is 39.3 Å². The lowest BCUT2D eigenvalue weighted by Gasteiger charge is -2.40. The molecular weight excluding hydrogens is 256 g/mol. The Morgan fingerprint density at radius 3 is 2.60 bits per heavy atom. The van der Waals surface area contributed by atoms with Crippen LogP contribution in [-0.2, 0) is 4.74 Å². The third-order valence-electron chi connectivity index (χ3n) is 3.10. The van der Waals surface area contributed by atoms with Gasteiger partial charge in [-0.05, 0) is 51.5 Å². The Balaban J connectivity index is 1.82. The van der Waals surface area contributed by atoms with E-state index in [1.54, 1.807) is 11.0 Å². The van der Waals surface area contributed by atoms with Gasteiger partial charge in [0.1, 0.15) is 11.4 Å². The zero-order valence-electron chi connectivity index (χ0n) is 12.4. The number of benzene rings is 1. The second-order valence-corrected chi connectivity index (χ2v) is 6.23. The van der Waals surface area contributed by atoms with Gasteiger partial charge in [-0.25, -0.2) is 4.79 Å². The van der Waals surface area contributed by atoms with Crippen molar-refractivity contribution in [1.82, 2.24) is 4.90 Å². The first-order valence-electron chi connectivity index (χ1n) is 6.79. The first-order valence-corrected chi connectivity index (χ1v) is 6.79. The Hall–Kier alpha value is -1.91. The van der Waals surface area contributed by atoms with Crippen LogP contribution >= 0.6 is 0 Å². The summed E-state index contributed by atoms with van der Waals surface area (Å²) >= 11 is 0. The Morgan fingerprint density at radius 2 is 2.05 bits per heavy atom. The number of nitrogens with one attached hydrogen (secondary N) is 1. The molecule has 0 aromatic heterocycles. The van der Waals surface area contributed by atoms with Gasteiger partial charge >= 0.3 is 6.09 Å². The number of amides is 1. The molecule has 0 atom stereocenters. The SMILES string of the molecule is Cc1cc(NC2CN(C(=O)OC(C)(C)C)C2)ccc1O. The number of aryl methyl sites for hydroxylation is 1. The summed E-state index contributed by atoms with van der Waals surface area (Å²) in [6.45, 7) is 8.71. The van der Waals surface area contributed by atoms with Gasteiger partial charge < -0.3 is 20.1 Å². The van der Waals surface area contributed by atoms with E-state index in [0.29, 0.717) is 18.8 Å². The van der Waals surface area contributed by atoms with Crippen molar-refractivity contribution in [3.63, 3.8) is 0 Å². The number of hydrogen-bond donors (Lipinski definition) is 2. The minimum Gasteiger partial charge on any atom is -0.508 e. The van der Waals surface area contributed by atoms with E-state index in [1.807, 2.05) is 39.8 Å². The van der Waals surface area contributed by atoms with Crippen LogP contribution in [0, 0.1) is 6.92 Å². The zero-order valence-corrected chi connectivity index (χ0v) is 12.4. The average Bonchev–Trinajstić information content (AvgIpc) is 2.25. The third-order valence-corrected chi connectivity index (χ3v) is 3.10. The van der Waals surface area contributed by atoms with Crippen LogP contribution in [0.3, 0.4) is 0 Å². The maximum absolute atomic E-state index is 11.8. The molecule has 0 radical (unpaired) electrons. The number of phenolic OH excluding ortho intramolecular Hbond substituents is 1. The second-order valence-electron chi connectivity index (χ2n) is 6.23. The maximum Gasteiger partial charge on any atom is 0.410 e. The highest BCUT2D eigenvalue weighted by atomic mass is 16.6. The number of ether oxygens (including phenoxy) is 1. The molecule has 0 unspecified atom stereocenters. The molecule has 0 aliphatic carbocycles. The monoisotopic (exact) mass is 278 g/mol. The van der Waals surface area contributed by atoms with E-state index in [0.717, 1.165) is 11.3 Å². The molecular formula is C15H22N2O3. The first kappa shape index (κ1) is 14.5. The molecule has 20 heavy (non-hydrogen) atoms. The summed E-state index contributed by atoms with van der Waals surface area (Å²) in [6.07, 6.45) is -0.266. The summed E-state index contributed by atoms with van der Waals surface area (Å²) in [5.74, 6) is 0.291. The highest BCUT2D eigenvalue weighted by molar-refractivity contribution is 5.69. The van der Waals surface area contributed by atoms with Crippen LogP contribution in [-0.4, -0.2) is 40.8 Å². The highest BCUT2D eigenvalue weighted by Crippen LogP contribution is 2.23. The first-order chi connectivity index (χ1) is 9.24. The molecule has 1 aromatic rings. The van der Waals surface area contributed by atoms with E-state index in [1.165, 1.54) is 0 Å². The van der Waals surface area contributed by atoms with E-state index in [4.69, 9.17) is 4.74 Å². The molecule has 1 aromatic carbocycles. The van der Waals surface area contributed by atoms with Crippen LogP contribution in [0.5, 0.6) is 5.75 Å². The smallest absolute Gasteiger partial charge is 0.410 e. The maximum atomic E-state index is 11.8. The number of hydrogen-bond acceptors (Lipinski definition) is 4. The van der Waals surface area contributed by atoms with Crippen molar-refractivity contribution in [1.29, 1.82) is 0 Å². The predicted octanol–water partition coefficient (Wildman–Crippen LogP) is 2.73. The zero-order chi connectivity index (χ0) is 14.9. The average molecular weight is 278 g/mol. The molecule has 1 aliphatic rings. The van der Waals surface area contributed by atoms with Crippen LogP contribution < -0.4 is 5.32 Å². The van der Waals surface area contributed by atoms with Gasteiger partial charge in [0, 0.05) is 18.8 Å². The molecule has 1 fully saturated rings. The molecule has 0 saturated carbocycles. The van der Waals surface area contributed by atoms with Gasteiger partial charge in [0.2, 0.25) is 0 Å². The fourth-order valence-electron chi connectivity index (χ4n) is 2.03. The number of likely N-dealkylation sites (tertiary alicyclic amines) is 1. The molecule has 5 heteroatoms. The van der Waals surface area contributed by atoms with Gasteiger partial charge in [0.05, 0.1) is 6.04 Å². The Labute approximate surface area is 119 Å². The summed E-state index contributed by atoms with van der Waals surface area (Å²) in [5.41, 5.74) is 1.33. The standard InChI is InChI=1S/C15H22N2O3/c1-10-7-11(5-6-13(10)18)16-12-8-17(9-12)14(19)20-15(2,3)4/h5-7,12,16,18H,8-9H2,1-4H3. The largest absolute Gasteiger partial charge is 0.508 e. The summed E-state index contributed by atoms with van der Waals surface area (Å²) < 4.78 is 5.30. The van der Waals surface area contributed by atoms with Crippen molar-refractivity contribution < 1.29 is 14.6 Å². The van der Waals surface area contributed by atoms with Crippen molar-refractivity contribution in [2.75, 3.05) is 18.4 Å². The molecule has 110 valence electrons. The Bertz CT molecular complexity index is 502. The lowest BCUT2D eigenvalue weighted by atomic mass is 10.1. The van der Waals surface area contributed by atoms with Crippen LogP contribution in [0.2, 0.25) is 0 Å². The quantitative estimate of drug-likeness (QED) is 0.817. The van der Waals surface area contributed by atoms with Crippen LogP contribution in [0.25, 0.3) is 0 Å². The summed E-state index contributed by atoms with van der Waals surface area (Å²) in [6, 6.07) is 5.62. The number of nitrogens with zero attached hydrogens (tertiary/aromatic N) is 1. The van der Waals surface area contributed by atoms with E-state index in [9.17, 15) is 9.90 Å². The molecule has 1 saturated heterocycles. The van der Waals surface area contributed by atoms with Crippen LogP contribution in [0.15, 0.2) is 18.2 Å². The van der Waals surface area contributed by atoms with Crippen molar-refractivity contribution in [3.8, 4) is 5.75 Å². The van der Waals surface area contributed by atoms with Gasteiger partial charge in [-0.3, -0.25) is 0 Å². The molecule has 0 bridgehead atoms. The fraction of sp³-hybridized carbons (Fsp3) is 0.533. The van der Waals surface area contributed by atoms with E-state index >= 15 is 0 Å². The summed E-state index contributed by atoms with van der Waals surface area (Å²) in [7, 11) is 0. The van der Waals surface area contributed by atoms with Crippen molar-refractivity contribution in [2.24, 2.45) is 0 Å². The van der Waals surface area contributed by atoms with E-state index in [2.05, 4.69) is 5.32 Å². The van der Waals surface area contributed by atoms with Gasteiger partial charge in [0.25, 0.3) is 0 Å². The number of rotatable bonds is 2. The normalized spacial score (nSPS) is 15.7. The van der Waals surface area contributed by atoms with Crippen molar-refractivity contribution in [3.05, 3.63) is 23.8 Å². The van der Waals surface area contributed by atoms with Crippen molar-refractivity contribution >= 4 is 11.8 Å². The van der Waals surface area contributed by atoms with E-state index in [-0.39, 0.29) is 12.1 Å². The van der Waals surface area contributed by atoms with Gasteiger partial charge in [-0.1, -0.05) is 0 Å². The molecule has 2 rings (SSSR count). The Morgan fingerprint density at radius 1 is 1.40 bits per heavy atom. The molecule has 2 N–H and O–H groups in total. The topological polar surface area (TPSA) is 61.8 Å². The lowest BCUT2D eigenvalue weighted by Crippen LogP contribution is -2.57. The van der Waals surface area contributed by atoms with E-state index < -0.39 is 5.60 Å². The number of carbonyl (C=O) groups excluding carboxylic acids is 1. The fourth-order valence-corrected chi connectivity index (χ4v) is 2.03. The second kappa shape index (κ2) is 5.23. The predicted molar refractivity (Wildman–Crippen MR) is 78.1 cm³/mol. The van der Waals surface area contributed by atoms with Crippen LogP contribution in [0.1, 0.15) is 26.3 Å². The molecule has 1 amide bonds. The third kappa shape index (κ3) is 3.56. The molecule has 1 heterocycles. The van der Waals surface area contributed by atoms with Crippen LogP contribution in [0.4, 0.5) is 10.5 Å². The summed E-state index contributed by atoms with van der Waals surface area (Å²) in [5, 5.41) is 12.8. The minimum atomic E-state index is -0.455. The summed E-state index contributed by atoms with van der Waals surface area (Å²) in [4.78, 5) is 13.5. The molecule has 0 spiro atoms. The number of phenols is 1. The highest BCUT2D eigenvalue weighted by Gasteiger charge is 2.33. The number of anilines is 1. The number of aromatic hydroxyl groups is 1. The molecule has 1 aliphatic heterocycles. The Kier molecular flexibility index (Phi) is 3.79. The minimum absolute atomic E-state index is 0.228. The number of carbonyl (C=O) groups is 1. The van der Waals surface area contributed by atoms with Gasteiger partial charge in [-0.2, -0.15) is 0 Å². The molecule has 5 nitrogen and oxygen atoms in total. The van der Waals surface area contributed by atoms with Gasteiger partial charge in [-0.15, -0.1) is 0 Å². The van der Waals surface area contributed by atoms with Gasteiger partial charge in [0.15, 0.2) is 0 Å². The lowest BCUT2D eigenvalue weighted by molar-refractivity contribution is 0.0105.